The lowest BCUT2D eigenvalue weighted by molar-refractivity contribution is -0.113. The van der Waals surface area contributed by atoms with Crippen molar-refractivity contribution in [3.8, 4) is 5.75 Å². The largest absolute Gasteiger partial charge is 0.493 e. The number of anilines is 1. The van der Waals surface area contributed by atoms with E-state index >= 15 is 0 Å². The van der Waals surface area contributed by atoms with Gasteiger partial charge in [0, 0.05) is 5.56 Å². The Morgan fingerprint density at radius 1 is 1.17 bits per heavy atom. The maximum absolute atomic E-state index is 13.2. The lowest BCUT2D eigenvalue weighted by Crippen LogP contribution is -2.27. The van der Waals surface area contributed by atoms with E-state index in [1.165, 1.54) is 28.8 Å². The molecule has 0 saturated carbocycles. The van der Waals surface area contributed by atoms with E-state index < -0.39 is 5.97 Å². The number of nitrogens with zero attached hydrogens (tertiary/aromatic N) is 1. The fraction of sp³-hybridized carbons (Fsp3) is 0.0870. The van der Waals surface area contributed by atoms with Crippen molar-refractivity contribution in [2.75, 3.05) is 11.5 Å². The molecule has 0 atom stereocenters. The summed E-state index contributed by atoms with van der Waals surface area (Å²) in [6, 6.07) is 18.0. The van der Waals surface area contributed by atoms with E-state index in [0.29, 0.717) is 27.3 Å². The summed E-state index contributed by atoms with van der Waals surface area (Å²) in [5, 5.41) is 11.3. The third-order valence-corrected chi connectivity index (χ3v) is 5.95. The van der Waals surface area contributed by atoms with Crippen LogP contribution in [0.5, 0.6) is 5.75 Å². The Labute approximate surface area is 183 Å². The minimum Gasteiger partial charge on any atom is -0.493 e. The number of thiocarbonyl (C=S) groups is 1. The number of carboxylic acids is 1. The smallest absolute Gasteiger partial charge is 0.335 e. The number of amides is 1. The van der Waals surface area contributed by atoms with Crippen LogP contribution in [0.15, 0.2) is 65.6 Å². The number of fused-ring (bicyclic) bond motifs is 1. The van der Waals surface area contributed by atoms with Gasteiger partial charge in [-0.05, 0) is 48.0 Å². The first kappa shape index (κ1) is 20.1. The predicted molar refractivity (Wildman–Crippen MR) is 124 cm³/mol. The minimum atomic E-state index is -1.06. The number of ether oxygens (including phenoxy) is 1. The zero-order chi connectivity index (χ0) is 21.3. The van der Waals surface area contributed by atoms with Crippen LogP contribution >= 0.6 is 24.0 Å². The Balaban J connectivity index is 1.79. The van der Waals surface area contributed by atoms with E-state index in [4.69, 9.17) is 17.0 Å². The molecule has 5 nitrogen and oxygen atoms in total. The van der Waals surface area contributed by atoms with E-state index in [2.05, 4.69) is 0 Å². The first-order valence-electron chi connectivity index (χ1n) is 9.25. The maximum Gasteiger partial charge on any atom is 0.335 e. The highest BCUT2D eigenvalue weighted by atomic mass is 32.2. The number of carbonyl (C=O) groups is 2. The fourth-order valence-electron chi connectivity index (χ4n) is 3.31. The second-order valence-corrected chi connectivity index (χ2v) is 8.18. The molecule has 4 rings (SSSR count). The lowest BCUT2D eigenvalue weighted by atomic mass is 10.0. The number of rotatable bonds is 5. The number of carbonyl (C=O) groups excluding carboxylic acids is 1. The first-order chi connectivity index (χ1) is 14.5. The van der Waals surface area contributed by atoms with Crippen molar-refractivity contribution < 1.29 is 19.4 Å². The monoisotopic (exact) mass is 435 g/mol. The van der Waals surface area contributed by atoms with Gasteiger partial charge in [0.25, 0.3) is 5.91 Å². The van der Waals surface area contributed by atoms with Crippen LogP contribution in [0.2, 0.25) is 0 Å². The zero-order valence-electron chi connectivity index (χ0n) is 16.0. The third-order valence-electron chi connectivity index (χ3n) is 4.65. The van der Waals surface area contributed by atoms with Gasteiger partial charge in [-0.25, -0.2) is 4.79 Å². The van der Waals surface area contributed by atoms with Gasteiger partial charge in [0.2, 0.25) is 0 Å². The molecule has 1 aliphatic heterocycles. The molecule has 0 aliphatic carbocycles. The van der Waals surface area contributed by atoms with Gasteiger partial charge in [0.15, 0.2) is 4.32 Å². The van der Waals surface area contributed by atoms with Crippen LogP contribution < -0.4 is 9.64 Å². The van der Waals surface area contributed by atoms with Crippen LogP contribution in [-0.4, -0.2) is 27.9 Å². The maximum atomic E-state index is 13.2. The highest BCUT2D eigenvalue weighted by Crippen LogP contribution is 2.39. The quantitative estimate of drug-likeness (QED) is 0.431. The fourth-order valence-corrected chi connectivity index (χ4v) is 4.59. The Bertz CT molecular complexity index is 1220. The Morgan fingerprint density at radius 2 is 1.97 bits per heavy atom. The van der Waals surface area contributed by atoms with Gasteiger partial charge in [-0.3, -0.25) is 9.69 Å². The number of thioether (sulfide) groups is 1. The van der Waals surface area contributed by atoms with Gasteiger partial charge in [0.1, 0.15) is 5.75 Å². The van der Waals surface area contributed by atoms with Crippen molar-refractivity contribution in [3.63, 3.8) is 0 Å². The number of benzene rings is 3. The molecule has 0 radical (unpaired) electrons. The Morgan fingerprint density at radius 3 is 2.73 bits per heavy atom. The van der Waals surface area contributed by atoms with E-state index in [1.807, 2.05) is 43.3 Å². The van der Waals surface area contributed by atoms with Gasteiger partial charge in [-0.1, -0.05) is 60.4 Å². The second-order valence-electron chi connectivity index (χ2n) is 6.50. The minimum absolute atomic E-state index is 0.0956. The van der Waals surface area contributed by atoms with Crippen molar-refractivity contribution in [2.24, 2.45) is 0 Å². The van der Waals surface area contributed by atoms with Crippen LogP contribution in [0.4, 0.5) is 5.69 Å². The molecular weight excluding hydrogens is 418 g/mol. The Hall–Kier alpha value is -3.16. The van der Waals surface area contributed by atoms with Crippen molar-refractivity contribution in [1.82, 2.24) is 0 Å². The molecule has 30 heavy (non-hydrogen) atoms. The molecule has 1 saturated heterocycles. The summed E-state index contributed by atoms with van der Waals surface area (Å²) in [5.41, 5.74) is 1.34. The highest BCUT2D eigenvalue weighted by molar-refractivity contribution is 8.27. The molecule has 0 bridgehead atoms. The van der Waals surface area contributed by atoms with Crippen LogP contribution in [0.1, 0.15) is 22.8 Å². The van der Waals surface area contributed by atoms with Crippen molar-refractivity contribution >= 4 is 62.7 Å². The normalized spacial score (nSPS) is 15.2. The molecule has 7 heteroatoms. The number of aromatic carboxylic acids is 1. The van der Waals surface area contributed by atoms with E-state index in [9.17, 15) is 14.7 Å². The molecule has 150 valence electrons. The molecule has 1 aliphatic rings. The van der Waals surface area contributed by atoms with Gasteiger partial charge in [-0.2, -0.15) is 0 Å². The van der Waals surface area contributed by atoms with E-state index in [0.717, 1.165) is 16.3 Å². The first-order valence-corrected chi connectivity index (χ1v) is 10.5. The van der Waals surface area contributed by atoms with Gasteiger partial charge in [-0.15, -0.1) is 0 Å². The van der Waals surface area contributed by atoms with Gasteiger partial charge >= 0.3 is 5.97 Å². The summed E-state index contributed by atoms with van der Waals surface area (Å²) >= 11 is 6.62. The lowest BCUT2D eigenvalue weighted by Gasteiger charge is -2.15. The molecule has 1 heterocycles. The second kappa shape index (κ2) is 8.30. The zero-order valence-corrected chi connectivity index (χ0v) is 17.6. The molecule has 0 aromatic heterocycles. The average Bonchev–Trinajstić information content (AvgIpc) is 3.03. The van der Waals surface area contributed by atoms with Crippen molar-refractivity contribution in [1.29, 1.82) is 0 Å². The number of hydrogen-bond donors (Lipinski definition) is 1. The highest BCUT2D eigenvalue weighted by Gasteiger charge is 2.34. The van der Waals surface area contributed by atoms with Crippen molar-refractivity contribution in [3.05, 3.63) is 76.7 Å². The topological polar surface area (TPSA) is 66.8 Å². The SMILES string of the molecule is CCOc1ccc2ccccc2c1C=C1SC(=S)N(c2cccc(C(=O)O)c2)C1=O. The third kappa shape index (κ3) is 3.69. The van der Waals surface area contributed by atoms with Gasteiger partial charge < -0.3 is 9.84 Å². The molecular formula is C23H17NO4S2. The van der Waals surface area contributed by atoms with Crippen LogP contribution in [0.25, 0.3) is 16.8 Å². The summed E-state index contributed by atoms with van der Waals surface area (Å²) in [5.74, 6) is -0.660. The molecule has 0 unspecified atom stereocenters. The Kier molecular flexibility index (Phi) is 5.57. The standard InChI is InChI=1S/C23H17NO4S2/c1-2-28-19-11-10-14-6-3-4-9-17(14)18(19)13-20-21(25)24(23(29)30-20)16-8-5-7-15(12-16)22(26)27/h3-13H,2H2,1H3,(H,26,27). The number of carboxylic acid groups (broad SMARTS) is 1. The summed E-state index contributed by atoms with van der Waals surface area (Å²) in [6.07, 6.45) is 1.80. The van der Waals surface area contributed by atoms with Crippen LogP contribution in [0, 0.1) is 0 Å². The van der Waals surface area contributed by atoms with E-state index in [-0.39, 0.29) is 11.5 Å². The average molecular weight is 436 g/mol. The van der Waals surface area contributed by atoms with Crippen LogP contribution in [0.3, 0.4) is 0 Å². The molecule has 0 spiro atoms. The summed E-state index contributed by atoms with van der Waals surface area (Å²) in [6.45, 7) is 2.41. The molecule has 3 aromatic rings. The van der Waals surface area contributed by atoms with Crippen molar-refractivity contribution in [2.45, 2.75) is 6.92 Å². The molecule has 3 aromatic carbocycles. The number of hydrogen-bond acceptors (Lipinski definition) is 5. The summed E-state index contributed by atoms with van der Waals surface area (Å²) in [7, 11) is 0. The van der Waals surface area contributed by atoms with E-state index in [1.54, 1.807) is 18.2 Å². The van der Waals surface area contributed by atoms with Crippen LogP contribution in [-0.2, 0) is 4.79 Å². The molecule has 1 fully saturated rings. The molecule has 1 amide bonds. The summed E-state index contributed by atoms with van der Waals surface area (Å²) in [4.78, 5) is 26.3. The predicted octanol–water partition coefficient (Wildman–Crippen LogP) is 5.34. The summed E-state index contributed by atoms with van der Waals surface area (Å²) < 4.78 is 6.15. The molecule has 1 N–H and O–H groups in total. The van der Waals surface area contributed by atoms with Gasteiger partial charge in [0.05, 0.1) is 22.8 Å².